The quantitative estimate of drug-likeness (QED) is 0.190. The van der Waals surface area contributed by atoms with Crippen molar-refractivity contribution in [3.63, 3.8) is 0 Å². The number of benzene rings is 2. The second-order valence-corrected chi connectivity index (χ2v) is 10.9. The molecule has 6 nitrogen and oxygen atoms in total. The van der Waals surface area contributed by atoms with Gasteiger partial charge < -0.3 is 14.4 Å². The molecule has 0 fully saturated rings. The smallest absolute Gasteiger partial charge is 0.217 e. The van der Waals surface area contributed by atoms with E-state index < -0.39 is 0 Å². The van der Waals surface area contributed by atoms with Crippen molar-refractivity contribution in [3.05, 3.63) is 90.3 Å². The van der Waals surface area contributed by atoms with Gasteiger partial charge in [-0.25, -0.2) is 9.97 Å². The second-order valence-electron chi connectivity index (χ2n) is 10.9. The van der Waals surface area contributed by atoms with Gasteiger partial charge in [-0.3, -0.25) is 4.98 Å². The summed E-state index contributed by atoms with van der Waals surface area (Å²) in [6, 6.07) is 25.2. The van der Waals surface area contributed by atoms with Crippen LogP contribution in [0.4, 0.5) is 0 Å². The van der Waals surface area contributed by atoms with Gasteiger partial charge in [0, 0.05) is 56.4 Å². The third-order valence-corrected chi connectivity index (χ3v) is 6.82. The van der Waals surface area contributed by atoms with Crippen LogP contribution in [-0.2, 0) is 26.5 Å². The van der Waals surface area contributed by atoms with Gasteiger partial charge in [-0.15, -0.1) is 17.5 Å². The Morgan fingerprint density at radius 2 is 1.74 bits per heavy atom. The van der Waals surface area contributed by atoms with E-state index in [1.807, 2.05) is 44.2 Å². The van der Waals surface area contributed by atoms with E-state index in [0.717, 1.165) is 33.3 Å². The zero-order valence-electron chi connectivity index (χ0n) is 22.5. The molecule has 0 aliphatic heterocycles. The zero-order valence-corrected chi connectivity index (χ0v) is 24.7. The van der Waals surface area contributed by atoms with E-state index in [9.17, 15) is 5.11 Å². The third-order valence-electron chi connectivity index (χ3n) is 6.82. The van der Waals surface area contributed by atoms with Crippen LogP contribution in [0.3, 0.4) is 0 Å². The number of aromatic nitrogens is 4. The van der Waals surface area contributed by atoms with Crippen molar-refractivity contribution in [3.8, 4) is 23.2 Å². The maximum Gasteiger partial charge on any atom is 0.217 e. The number of pyridine rings is 3. The van der Waals surface area contributed by atoms with Gasteiger partial charge >= 0.3 is 0 Å². The van der Waals surface area contributed by atoms with Crippen LogP contribution in [0.15, 0.2) is 72.9 Å². The average Bonchev–Trinajstić information content (AvgIpc) is 3.22. The molecule has 4 heterocycles. The molecule has 0 saturated heterocycles. The van der Waals surface area contributed by atoms with E-state index in [2.05, 4.69) is 70.6 Å². The summed E-state index contributed by atoms with van der Waals surface area (Å²) < 4.78 is 8.26. The monoisotopic (exact) mass is 696 g/mol. The van der Waals surface area contributed by atoms with Crippen LogP contribution >= 0.6 is 0 Å². The van der Waals surface area contributed by atoms with Gasteiger partial charge in [-0.05, 0) is 46.5 Å². The summed E-state index contributed by atoms with van der Waals surface area (Å²) in [5, 5.41) is 12.8. The molecule has 0 aliphatic carbocycles. The summed E-state index contributed by atoms with van der Waals surface area (Å²) in [7, 11) is 0. The van der Waals surface area contributed by atoms with Crippen LogP contribution in [0.5, 0.6) is 17.4 Å². The van der Waals surface area contributed by atoms with Gasteiger partial charge in [0.2, 0.25) is 5.88 Å². The molecule has 6 rings (SSSR count). The van der Waals surface area contributed by atoms with Crippen molar-refractivity contribution >= 4 is 32.8 Å². The normalized spacial score (nSPS) is 11.8. The number of hydrogen-bond donors (Lipinski definition) is 1. The first-order chi connectivity index (χ1) is 18.2. The van der Waals surface area contributed by atoms with E-state index in [-0.39, 0.29) is 38.1 Å². The van der Waals surface area contributed by atoms with Gasteiger partial charge in [-0.1, -0.05) is 58.3 Å². The SMILES string of the molecule is CC(C)c1cc(O)c2nc(Oc3[c-]c4c(cc3)c3cc(C(C)(C)C)ccc3n4-c3ccccn3)ccc2n1.[Pt]. The second kappa shape index (κ2) is 10.1. The Hall–Kier alpha value is -3.76. The molecule has 39 heavy (non-hydrogen) atoms. The fourth-order valence-corrected chi connectivity index (χ4v) is 4.73. The van der Waals surface area contributed by atoms with Crippen molar-refractivity contribution in [1.82, 2.24) is 19.5 Å². The summed E-state index contributed by atoms with van der Waals surface area (Å²) in [6.07, 6.45) is 1.79. The largest absolute Gasteiger partial charge is 0.506 e. The molecule has 0 radical (unpaired) electrons. The van der Waals surface area contributed by atoms with Gasteiger partial charge in [-0.2, -0.15) is 6.07 Å². The first-order valence-corrected chi connectivity index (χ1v) is 12.8. The van der Waals surface area contributed by atoms with Crippen molar-refractivity contribution in [2.24, 2.45) is 0 Å². The Morgan fingerprint density at radius 3 is 2.46 bits per heavy atom. The Balaban J connectivity index is 0.00000308. The summed E-state index contributed by atoms with van der Waals surface area (Å²) >= 11 is 0. The number of aromatic hydroxyl groups is 1. The molecule has 0 amide bonds. The van der Waals surface area contributed by atoms with Crippen molar-refractivity contribution in [1.29, 1.82) is 0 Å². The van der Waals surface area contributed by atoms with Crippen LogP contribution in [0.25, 0.3) is 38.7 Å². The minimum absolute atomic E-state index is 0. The summed E-state index contributed by atoms with van der Waals surface area (Å²) in [4.78, 5) is 13.8. The first-order valence-electron chi connectivity index (χ1n) is 12.8. The Morgan fingerprint density at radius 1 is 0.923 bits per heavy atom. The van der Waals surface area contributed by atoms with Crippen LogP contribution in [0.2, 0.25) is 0 Å². The van der Waals surface area contributed by atoms with Crippen LogP contribution in [0, 0.1) is 6.07 Å². The molecule has 200 valence electrons. The van der Waals surface area contributed by atoms with E-state index in [4.69, 9.17) is 4.74 Å². The molecule has 0 aliphatic rings. The molecule has 0 saturated carbocycles. The number of rotatable bonds is 4. The molecular weight excluding hydrogens is 667 g/mol. The molecule has 0 atom stereocenters. The molecule has 2 aromatic carbocycles. The summed E-state index contributed by atoms with van der Waals surface area (Å²) in [5.41, 5.74) is 5.07. The van der Waals surface area contributed by atoms with E-state index in [1.165, 1.54) is 5.56 Å². The molecule has 7 heteroatoms. The fourth-order valence-electron chi connectivity index (χ4n) is 4.73. The molecular formula is C32H29N4O2Pt-. The van der Waals surface area contributed by atoms with E-state index >= 15 is 0 Å². The van der Waals surface area contributed by atoms with E-state index in [1.54, 1.807) is 18.3 Å². The molecule has 1 N–H and O–H groups in total. The molecule has 6 aromatic rings. The average molecular weight is 697 g/mol. The Labute approximate surface area is 242 Å². The minimum atomic E-state index is 0. The Bertz CT molecular complexity index is 1820. The first kappa shape index (κ1) is 26.8. The third kappa shape index (κ3) is 4.90. The van der Waals surface area contributed by atoms with Gasteiger partial charge in [0.25, 0.3) is 0 Å². The van der Waals surface area contributed by atoms with Gasteiger partial charge in [0.1, 0.15) is 17.1 Å². The maximum atomic E-state index is 10.6. The van der Waals surface area contributed by atoms with E-state index in [0.29, 0.717) is 22.7 Å². The topological polar surface area (TPSA) is 73.1 Å². The van der Waals surface area contributed by atoms with Crippen LogP contribution in [-0.4, -0.2) is 24.6 Å². The number of ether oxygens (including phenoxy) is 1. The molecule has 0 bridgehead atoms. The predicted molar refractivity (Wildman–Crippen MR) is 151 cm³/mol. The van der Waals surface area contributed by atoms with Gasteiger partial charge in [0.05, 0.1) is 5.52 Å². The maximum absolute atomic E-state index is 10.6. The fraction of sp³-hybridized carbons (Fsp3) is 0.219. The summed E-state index contributed by atoms with van der Waals surface area (Å²) in [6.45, 7) is 10.7. The Kier molecular flexibility index (Phi) is 6.94. The van der Waals surface area contributed by atoms with Crippen molar-refractivity contribution < 1.29 is 30.9 Å². The van der Waals surface area contributed by atoms with Crippen molar-refractivity contribution in [2.75, 3.05) is 0 Å². The van der Waals surface area contributed by atoms with Gasteiger partial charge in [0.15, 0.2) is 0 Å². The molecule has 4 aromatic heterocycles. The molecule has 0 unspecified atom stereocenters. The number of hydrogen-bond acceptors (Lipinski definition) is 5. The van der Waals surface area contributed by atoms with Crippen LogP contribution in [0.1, 0.15) is 51.8 Å². The number of nitrogens with zero attached hydrogens (tertiary/aromatic N) is 4. The minimum Gasteiger partial charge on any atom is -0.506 e. The molecule has 0 spiro atoms. The van der Waals surface area contributed by atoms with Crippen LogP contribution < -0.4 is 4.74 Å². The zero-order chi connectivity index (χ0) is 26.6. The standard InChI is InChI=1S/C32H29N4O2.Pt/c1-19(2)25-18-28(37)31-24(34-25)12-14-30(35-31)38-21-10-11-22-23-16-20(32(3,4)5)9-13-26(23)36(27(22)17-21)29-8-6-7-15-33-29;/h6-16,18-19H,1-5H3,(H,34,37);/q-1;. The number of fused-ring (bicyclic) bond motifs is 4. The summed E-state index contributed by atoms with van der Waals surface area (Å²) in [5.74, 6) is 1.98. The van der Waals surface area contributed by atoms with Crippen molar-refractivity contribution in [2.45, 2.75) is 46.0 Å². The predicted octanol–water partition coefficient (Wildman–Crippen LogP) is 7.84.